The number of aromatic nitrogens is 1. The van der Waals surface area contributed by atoms with Gasteiger partial charge in [0.05, 0.1) is 28.1 Å². The lowest BCUT2D eigenvalue weighted by molar-refractivity contribution is -0.137. The van der Waals surface area contributed by atoms with Crippen molar-refractivity contribution in [3.63, 3.8) is 0 Å². The van der Waals surface area contributed by atoms with Gasteiger partial charge in [-0.3, -0.25) is 19.2 Å². The molecule has 3 N–H and O–H groups in total. The number of nitrogens with one attached hydrogen (secondary N) is 2. The van der Waals surface area contributed by atoms with Gasteiger partial charge in [-0.1, -0.05) is 35.6 Å². The molecule has 2 saturated carbocycles. The van der Waals surface area contributed by atoms with Crippen molar-refractivity contribution in [2.75, 3.05) is 16.8 Å². The molecule has 9 nitrogen and oxygen atoms in total. The van der Waals surface area contributed by atoms with Crippen LogP contribution in [0.25, 0.3) is 0 Å². The van der Waals surface area contributed by atoms with Gasteiger partial charge >= 0.3 is 11.0 Å². The number of carbonyl (C=O) groups excluding carboxylic acids is 3. The SMILES string of the molecule is O=C(COc1ccc([C@H]2c3sc(=O)[nH]c3SC3C4CC(C5C(=O)N(c6ccccc6C(F)(F)F)C(=O)C45)C32)cc1)Nc1ccc(O)cc1. The molecule has 4 aromatic rings. The number of aromatic hydroxyl groups is 1. The first-order valence-corrected chi connectivity index (χ1v) is 16.9. The van der Waals surface area contributed by atoms with E-state index in [2.05, 4.69) is 10.3 Å². The number of imide groups is 1. The minimum atomic E-state index is -4.74. The van der Waals surface area contributed by atoms with E-state index >= 15 is 0 Å². The summed E-state index contributed by atoms with van der Waals surface area (Å²) in [4.78, 5) is 57.0. The largest absolute Gasteiger partial charge is 0.508 e. The van der Waals surface area contributed by atoms with Crippen LogP contribution in [0.15, 0.2) is 82.6 Å². The van der Waals surface area contributed by atoms with E-state index in [1.54, 1.807) is 24.3 Å². The average Bonchev–Trinajstić information content (AvgIpc) is 3.80. The van der Waals surface area contributed by atoms with Crippen molar-refractivity contribution in [1.82, 2.24) is 4.98 Å². The van der Waals surface area contributed by atoms with Crippen molar-refractivity contribution in [3.05, 3.63) is 98.5 Å². The quantitative estimate of drug-likeness (QED) is 0.171. The van der Waals surface area contributed by atoms with Gasteiger partial charge in [-0.25, -0.2) is 4.90 Å². The molecule has 14 heteroatoms. The lowest BCUT2D eigenvalue weighted by atomic mass is 9.68. The molecule has 0 radical (unpaired) electrons. The van der Waals surface area contributed by atoms with E-state index in [0.717, 1.165) is 32.7 Å². The molecule has 1 saturated heterocycles. The maximum Gasteiger partial charge on any atom is 0.418 e. The number of phenolic OH excluding ortho intramolecular Hbond substituents is 1. The highest BCUT2D eigenvalue weighted by Crippen LogP contribution is 2.69. The van der Waals surface area contributed by atoms with Crippen LogP contribution in [-0.2, 0) is 20.6 Å². The van der Waals surface area contributed by atoms with E-state index in [1.165, 1.54) is 42.1 Å². The number of ether oxygens (including phenoxy) is 1. The fourth-order valence-corrected chi connectivity index (χ4v) is 11.1. The second kappa shape index (κ2) is 11.3. The summed E-state index contributed by atoms with van der Waals surface area (Å²) < 4.78 is 47.5. The molecule has 3 fully saturated rings. The summed E-state index contributed by atoms with van der Waals surface area (Å²) in [6, 6.07) is 17.9. The Bertz CT molecular complexity index is 2010. The van der Waals surface area contributed by atoms with Gasteiger partial charge in [-0.2, -0.15) is 13.2 Å². The van der Waals surface area contributed by atoms with Crippen LogP contribution < -0.4 is 19.8 Å². The number of phenols is 1. The topological polar surface area (TPSA) is 129 Å². The number of aromatic amines is 1. The minimum Gasteiger partial charge on any atom is -0.508 e. The van der Waals surface area contributed by atoms with Crippen LogP contribution in [-0.4, -0.2) is 39.7 Å². The molecular formula is C34H26F3N3O6S2. The van der Waals surface area contributed by atoms with Crippen molar-refractivity contribution in [1.29, 1.82) is 0 Å². The Morgan fingerprint density at radius 2 is 1.65 bits per heavy atom. The van der Waals surface area contributed by atoms with Crippen molar-refractivity contribution in [3.8, 4) is 11.5 Å². The molecule has 8 rings (SSSR count). The monoisotopic (exact) mass is 693 g/mol. The third-order valence-corrected chi connectivity index (χ3v) is 12.5. The molecule has 3 heterocycles. The lowest BCUT2D eigenvalue weighted by Crippen LogP contribution is -2.42. The molecule has 3 amide bonds. The Labute approximate surface area is 279 Å². The molecule has 4 aliphatic rings. The van der Waals surface area contributed by atoms with Gasteiger partial charge in [0.2, 0.25) is 11.8 Å². The Morgan fingerprint density at radius 1 is 0.958 bits per heavy atom. The van der Waals surface area contributed by atoms with E-state index in [1.807, 2.05) is 12.1 Å². The summed E-state index contributed by atoms with van der Waals surface area (Å²) in [5.41, 5.74) is -0.0887. The van der Waals surface area contributed by atoms with E-state index in [-0.39, 0.29) is 46.2 Å². The normalized spacial score (nSPS) is 27.1. The van der Waals surface area contributed by atoms with Gasteiger partial charge in [-0.15, -0.1) is 11.8 Å². The molecule has 246 valence electrons. The van der Waals surface area contributed by atoms with Crippen molar-refractivity contribution < 1.29 is 37.4 Å². The van der Waals surface area contributed by atoms with E-state index in [4.69, 9.17) is 4.74 Å². The van der Waals surface area contributed by atoms with Gasteiger partial charge in [0.25, 0.3) is 5.91 Å². The number of anilines is 2. The number of rotatable bonds is 6. The standard InChI is InChI=1S/C34H26F3N3O6S2/c35-34(36,37)21-3-1-2-4-22(21)40-31(43)26-19-13-20(27(26)32(40)44)28-25(19)24(29-30(47-28)39-33(45)48-29)15-5-11-18(12-6-15)46-14-23(42)38-16-7-9-17(41)10-8-16/h1-12,19-20,24-28,41H,13-14H2,(H,38,42)(H,39,45)/t19?,20?,24-,25?,26?,27?,28?/m1/s1. The highest BCUT2D eigenvalue weighted by atomic mass is 32.2. The number of H-pyrrole nitrogens is 1. The summed E-state index contributed by atoms with van der Waals surface area (Å²) in [6.07, 6.45) is -4.15. The molecule has 3 aromatic carbocycles. The summed E-state index contributed by atoms with van der Waals surface area (Å²) in [5.74, 6) is -3.50. The molecular weight excluding hydrogens is 668 g/mol. The maximum absolute atomic E-state index is 14.0. The summed E-state index contributed by atoms with van der Waals surface area (Å²) in [5, 5.41) is 12.7. The highest BCUT2D eigenvalue weighted by Gasteiger charge is 2.70. The molecule has 2 bridgehead atoms. The zero-order valence-electron chi connectivity index (χ0n) is 24.8. The number of fused-ring (bicyclic) bond motifs is 9. The van der Waals surface area contributed by atoms with E-state index < -0.39 is 47.0 Å². The van der Waals surface area contributed by atoms with Gasteiger partial charge in [0, 0.05) is 21.7 Å². The third kappa shape index (κ3) is 4.91. The first-order valence-electron chi connectivity index (χ1n) is 15.2. The van der Waals surface area contributed by atoms with Crippen molar-refractivity contribution >= 4 is 52.2 Å². The zero-order valence-corrected chi connectivity index (χ0v) is 26.4. The highest BCUT2D eigenvalue weighted by molar-refractivity contribution is 8.00. The van der Waals surface area contributed by atoms with Crippen LogP contribution in [0.5, 0.6) is 11.5 Å². The Kier molecular flexibility index (Phi) is 7.22. The van der Waals surface area contributed by atoms with Crippen molar-refractivity contribution in [2.24, 2.45) is 29.6 Å². The van der Waals surface area contributed by atoms with Crippen LogP contribution in [0, 0.1) is 29.6 Å². The molecule has 7 atom stereocenters. The molecule has 2 aliphatic heterocycles. The van der Waals surface area contributed by atoms with Gasteiger partial charge in [0.1, 0.15) is 11.5 Å². The van der Waals surface area contributed by atoms with Gasteiger partial charge < -0.3 is 20.1 Å². The number of carbonyl (C=O) groups is 3. The Balaban J connectivity index is 1.07. The van der Waals surface area contributed by atoms with E-state index in [0.29, 0.717) is 22.9 Å². The van der Waals surface area contributed by atoms with E-state index in [9.17, 15) is 37.5 Å². The fourth-order valence-electron chi connectivity index (χ4n) is 8.20. The number of benzene rings is 3. The van der Waals surface area contributed by atoms with Crippen LogP contribution in [0.3, 0.4) is 0 Å². The van der Waals surface area contributed by atoms with Gasteiger partial charge in [0.15, 0.2) is 6.61 Å². The number of hydrogen-bond acceptors (Lipinski definition) is 8. The summed E-state index contributed by atoms with van der Waals surface area (Å²) >= 11 is 2.59. The van der Waals surface area contributed by atoms with Crippen LogP contribution in [0.4, 0.5) is 24.5 Å². The number of para-hydroxylation sites is 1. The number of halogens is 3. The first kappa shape index (κ1) is 30.8. The fraction of sp³-hybridized carbons (Fsp3) is 0.294. The Hall–Kier alpha value is -4.56. The predicted octanol–water partition coefficient (Wildman–Crippen LogP) is 5.86. The third-order valence-electron chi connectivity index (χ3n) is 9.93. The molecule has 6 unspecified atom stereocenters. The van der Waals surface area contributed by atoms with Crippen molar-refractivity contribution in [2.45, 2.75) is 28.8 Å². The number of nitrogens with zero attached hydrogens (tertiary/aromatic N) is 1. The molecule has 0 spiro atoms. The second-order valence-electron chi connectivity index (χ2n) is 12.4. The van der Waals surface area contributed by atoms with Crippen LogP contribution in [0.1, 0.15) is 28.3 Å². The minimum absolute atomic E-state index is 0.0773. The van der Waals surface area contributed by atoms with Crippen LogP contribution >= 0.6 is 23.1 Å². The summed E-state index contributed by atoms with van der Waals surface area (Å²) in [6.45, 7) is -0.258. The lowest BCUT2D eigenvalue weighted by Gasteiger charge is -2.43. The maximum atomic E-state index is 14.0. The smallest absolute Gasteiger partial charge is 0.418 e. The van der Waals surface area contributed by atoms with Gasteiger partial charge in [-0.05, 0) is 78.3 Å². The molecule has 2 aliphatic carbocycles. The molecule has 48 heavy (non-hydrogen) atoms. The second-order valence-corrected chi connectivity index (χ2v) is 14.6. The number of thiazole rings is 1. The Morgan fingerprint density at radius 3 is 2.35 bits per heavy atom. The number of amides is 3. The number of hydrogen-bond donors (Lipinski definition) is 3. The predicted molar refractivity (Wildman–Crippen MR) is 171 cm³/mol. The average molecular weight is 694 g/mol. The molecule has 1 aromatic heterocycles. The summed E-state index contributed by atoms with van der Waals surface area (Å²) in [7, 11) is 0. The zero-order chi connectivity index (χ0) is 33.5. The van der Waals surface area contributed by atoms with Crippen LogP contribution in [0.2, 0.25) is 0 Å². The number of alkyl halides is 3. The number of thioether (sulfide) groups is 1. The first-order chi connectivity index (χ1) is 23.0.